The van der Waals surface area contributed by atoms with Crippen LogP contribution in [0.1, 0.15) is 28.4 Å². The van der Waals surface area contributed by atoms with Gasteiger partial charge < -0.3 is 5.11 Å². The van der Waals surface area contributed by atoms with E-state index in [4.69, 9.17) is 5.11 Å². The lowest BCUT2D eigenvalue weighted by Crippen LogP contribution is -2.19. The van der Waals surface area contributed by atoms with E-state index in [1.807, 2.05) is 38.1 Å². The molecule has 2 N–H and O–H groups in total. The normalized spacial score (nSPS) is 11.2. The topological polar surface area (TPSA) is 61.7 Å². The largest absolute Gasteiger partial charge is 0.508 e. The minimum Gasteiger partial charge on any atom is -0.508 e. The molecule has 1 amide bonds. The molecular formula is C16H16N2O2. The van der Waals surface area contributed by atoms with E-state index < -0.39 is 0 Å². The van der Waals surface area contributed by atoms with Crippen LogP contribution in [0.2, 0.25) is 0 Å². The van der Waals surface area contributed by atoms with Gasteiger partial charge in [0, 0.05) is 5.56 Å². The zero-order valence-corrected chi connectivity index (χ0v) is 11.4. The van der Waals surface area contributed by atoms with Gasteiger partial charge in [0.05, 0.1) is 5.71 Å². The molecule has 0 saturated carbocycles. The number of nitrogens with one attached hydrogen (secondary N) is 1. The summed E-state index contributed by atoms with van der Waals surface area (Å²) in [6, 6.07) is 13.9. The number of hydrazone groups is 1. The van der Waals surface area contributed by atoms with Crippen molar-refractivity contribution < 1.29 is 9.90 Å². The van der Waals surface area contributed by atoms with Crippen LogP contribution in [-0.4, -0.2) is 16.7 Å². The number of carbonyl (C=O) groups is 1. The summed E-state index contributed by atoms with van der Waals surface area (Å²) in [5.41, 5.74) is 5.82. The van der Waals surface area contributed by atoms with Gasteiger partial charge in [-0.05, 0) is 43.7 Å². The number of benzene rings is 2. The first kappa shape index (κ1) is 13.8. The van der Waals surface area contributed by atoms with Crippen LogP contribution in [0, 0.1) is 6.92 Å². The SMILES string of the molecule is C/C(=N\NC(=O)c1ccc(O)cc1)c1ccc(C)cc1. The van der Waals surface area contributed by atoms with Crippen molar-refractivity contribution >= 4 is 11.6 Å². The third-order valence-corrected chi connectivity index (χ3v) is 2.92. The molecule has 0 aliphatic heterocycles. The summed E-state index contributed by atoms with van der Waals surface area (Å²) in [4.78, 5) is 11.8. The van der Waals surface area contributed by atoms with E-state index in [2.05, 4.69) is 10.5 Å². The summed E-state index contributed by atoms with van der Waals surface area (Å²) >= 11 is 0. The van der Waals surface area contributed by atoms with Crippen LogP contribution >= 0.6 is 0 Å². The smallest absolute Gasteiger partial charge is 0.271 e. The summed E-state index contributed by atoms with van der Waals surface area (Å²) in [7, 11) is 0. The summed E-state index contributed by atoms with van der Waals surface area (Å²) in [6.45, 7) is 3.85. The average Bonchev–Trinajstić information content (AvgIpc) is 2.46. The van der Waals surface area contributed by atoms with E-state index in [-0.39, 0.29) is 11.7 Å². The van der Waals surface area contributed by atoms with Crippen molar-refractivity contribution in [1.82, 2.24) is 5.43 Å². The molecule has 0 unspecified atom stereocenters. The Morgan fingerprint density at radius 3 is 2.15 bits per heavy atom. The number of aryl methyl sites for hydroxylation is 1. The fourth-order valence-corrected chi connectivity index (χ4v) is 1.67. The Balaban J connectivity index is 2.06. The summed E-state index contributed by atoms with van der Waals surface area (Å²) in [5.74, 6) is -0.183. The molecule has 2 rings (SSSR count). The van der Waals surface area contributed by atoms with E-state index >= 15 is 0 Å². The number of amides is 1. The Labute approximate surface area is 117 Å². The highest BCUT2D eigenvalue weighted by molar-refractivity contribution is 6.00. The second kappa shape index (κ2) is 6.02. The average molecular weight is 268 g/mol. The van der Waals surface area contributed by atoms with Crippen molar-refractivity contribution in [2.45, 2.75) is 13.8 Å². The highest BCUT2D eigenvalue weighted by atomic mass is 16.3. The van der Waals surface area contributed by atoms with Crippen molar-refractivity contribution in [3.05, 3.63) is 65.2 Å². The minimum atomic E-state index is -0.309. The van der Waals surface area contributed by atoms with Gasteiger partial charge in [0.1, 0.15) is 5.75 Å². The molecule has 0 saturated heterocycles. The lowest BCUT2D eigenvalue weighted by atomic mass is 10.1. The second-order valence-electron chi connectivity index (χ2n) is 4.55. The molecule has 0 aliphatic carbocycles. The second-order valence-corrected chi connectivity index (χ2v) is 4.55. The van der Waals surface area contributed by atoms with Gasteiger partial charge in [-0.3, -0.25) is 4.79 Å². The van der Waals surface area contributed by atoms with E-state index in [9.17, 15) is 4.79 Å². The minimum absolute atomic E-state index is 0.126. The lowest BCUT2D eigenvalue weighted by Gasteiger charge is -2.03. The number of rotatable bonds is 3. The molecule has 4 heteroatoms. The Kier molecular flexibility index (Phi) is 4.15. The predicted molar refractivity (Wildman–Crippen MR) is 79.0 cm³/mol. The number of hydrogen-bond acceptors (Lipinski definition) is 3. The first-order valence-corrected chi connectivity index (χ1v) is 6.27. The van der Waals surface area contributed by atoms with Gasteiger partial charge in [-0.15, -0.1) is 0 Å². The third-order valence-electron chi connectivity index (χ3n) is 2.92. The Hall–Kier alpha value is -2.62. The molecule has 0 bridgehead atoms. The molecule has 2 aromatic carbocycles. The summed E-state index contributed by atoms with van der Waals surface area (Å²) in [5, 5.41) is 13.2. The van der Waals surface area contributed by atoms with Gasteiger partial charge in [-0.2, -0.15) is 5.10 Å². The monoisotopic (exact) mass is 268 g/mol. The van der Waals surface area contributed by atoms with Crippen LogP contribution in [-0.2, 0) is 0 Å². The highest BCUT2D eigenvalue weighted by Gasteiger charge is 2.04. The molecule has 0 aromatic heterocycles. The molecule has 0 atom stereocenters. The van der Waals surface area contributed by atoms with Crippen molar-refractivity contribution in [3.63, 3.8) is 0 Å². The molecule has 0 fully saturated rings. The van der Waals surface area contributed by atoms with Crippen LogP contribution in [0.4, 0.5) is 0 Å². The fraction of sp³-hybridized carbons (Fsp3) is 0.125. The summed E-state index contributed by atoms with van der Waals surface area (Å²) in [6.07, 6.45) is 0. The van der Waals surface area contributed by atoms with Crippen molar-refractivity contribution in [2.24, 2.45) is 5.10 Å². The molecular weight excluding hydrogens is 252 g/mol. The number of nitrogens with zero attached hydrogens (tertiary/aromatic N) is 1. The van der Waals surface area contributed by atoms with Gasteiger partial charge in [-0.25, -0.2) is 5.43 Å². The van der Waals surface area contributed by atoms with Crippen LogP contribution in [0.3, 0.4) is 0 Å². The van der Waals surface area contributed by atoms with E-state index in [0.29, 0.717) is 5.56 Å². The zero-order chi connectivity index (χ0) is 14.5. The third kappa shape index (κ3) is 3.45. The number of aromatic hydroxyl groups is 1. The van der Waals surface area contributed by atoms with Crippen LogP contribution in [0.25, 0.3) is 0 Å². The van der Waals surface area contributed by atoms with E-state index in [1.54, 1.807) is 12.1 Å². The standard InChI is InChI=1S/C16H16N2O2/c1-11-3-5-13(6-4-11)12(2)17-18-16(20)14-7-9-15(19)10-8-14/h3-10,19H,1-2H3,(H,18,20)/b17-12+. The first-order chi connectivity index (χ1) is 9.56. The highest BCUT2D eigenvalue weighted by Crippen LogP contribution is 2.09. The predicted octanol–water partition coefficient (Wildman–Crippen LogP) is 2.85. The molecule has 0 aliphatic rings. The van der Waals surface area contributed by atoms with Crippen LogP contribution in [0.5, 0.6) is 5.75 Å². The maximum Gasteiger partial charge on any atom is 0.271 e. The van der Waals surface area contributed by atoms with E-state index in [0.717, 1.165) is 11.3 Å². The number of phenols is 1. The molecule has 20 heavy (non-hydrogen) atoms. The Morgan fingerprint density at radius 2 is 1.55 bits per heavy atom. The number of hydrogen-bond donors (Lipinski definition) is 2. The summed E-state index contributed by atoms with van der Waals surface area (Å²) < 4.78 is 0. The van der Waals surface area contributed by atoms with Crippen LogP contribution in [0.15, 0.2) is 53.6 Å². The molecule has 0 spiro atoms. The zero-order valence-electron chi connectivity index (χ0n) is 11.4. The maximum atomic E-state index is 11.8. The molecule has 2 aromatic rings. The van der Waals surface area contributed by atoms with Gasteiger partial charge in [0.25, 0.3) is 5.91 Å². The fourth-order valence-electron chi connectivity index (χ4n) is 1.67. The van der Waals surface area contributed by atoms with Gasteiger partial charge in [0.2, 0.25) is 0 Å². The quantitative estimate of drug-likeness (QED) is 0.664. The number of phenolic OH excluding ortho intramolecular Hbond substituents is 1. The van der Waals surface area contributed by atoms with Crippen molar-refractivity contribution in [2.75, 3.05) is 0 Å². The Morgan fingerprint density at radius 1 is 1.00 bits per heavy atom. The molecule has 0 heterocycles. The van der Waals surface area contributed by atoms with Gasteiger partial charge in [-0.1, -0.05) is 29.8 Å². The Bertz CT molecular complexity index is 629. The van der Waals surface area contributed by atoms with Gasteiger partial charge >= 0.3 is 0 Å². The molecule has 4 nitrogen and oxygen atoms in total. The molecule has 102 valence electrons. The number of carbonyl (C=O) groups excluding carboxylic acids is 1. The van der Waals surface area contributed by atoms with Crippen LogP contribution < -0.4 is 5.43 Å². The lowest BCUT2D eigenvalue weighted by molar-refractivity contribution is 0.0955. The van der Waals surface area contributed by atoms with Gasteiger partial charge in [0.15, 0.2) is 0 Å². The van der Waals surface area contributed by atoms with Crippen molar-refractivity contribution in [1.29, 1.82) is 0 Å². The maximum absolute atomic E-state index is 11.8. The molecule has 0 radical (unpaired) electrons. The first-order valence-electron chi connectivity index (χ1n) is 6.27. The van der Waals surface area contributed by atoms with E-state index in [1.165, 1.54) is 17.7 Å². The van der Waals surface area contributed by atoms with Crippen molar-refractivity contribution in [3.8, 4) is 5.75 Å².